The van der Waals surface area contributed by atoms with Crippen LogP contribution in [0, 0.1) is 5.82 Å². The average molecular weight is 343 g/mol. The number of nitrogens with zero attached hydrogens (tertiary/aromatic N) is 3. The molecule has 1 fully saturated rings. The summed E-state index contributed by atoms with van der Waals surface area (Å²) in [5.74, 6) is -0.441. The fourth-order valence-corrected chi connectivity index (χ4v) is 2.81. The molecule has 1 N–H and O–H groups in total. The summed E-state index contributed by atoms with van der Waals surface area (Å²) in [6, 6.07) is 8.18. The molecule has 0 unspecified atom stereocenters. The summed E-state index contributed by atoms with van der Waals surface area (Å²) in [6.45, 7) is -0.0543. The van der Waals surface area contributed by atoms with Crippen molar-refractivity contribution in [1.29, 1.82) is 0 Å². The van der Waals surface area contributed by atoms with E-state index in [2.05, 4.69) is 4.98 Å². The maximum absolute atomic E-state index is 14.6. The first-order chi connectivity index (χ1) is 11.7. The fraction of sp³-hybridized carbons (Fsp3) is 0.222. The molecular weight excluding hydrogens is 325 g/mol. The minimum atomic E-state index is -0.583. The zero-order valence-electron chi connectivity index (χ0n) is 12.6. The summed E-state index contributed by atoms with van der Waals surface area (Å²) in [7, 11) is 0. The number of anilines is 1. The van der Waals surface area contributed by atoms with Crippen LogP contribution in [0.1, 0.15) is 7.43 Å². The predicted octanol–water partition coefficient (Wildman–Crippen LogP) is 3.09. The summed E-state index contributed by atoms with van der Waals surface area (Å²) in [6.07, 6.45) is 4.14. The van der Waals surface area contributed by atoms with Crippen molar-refractivity contribution in [3.8, 4) is 11.1 Å². The van der Waals surface area contributed by atoms with Gasteiger partial charge in [-0.15, -0.1) is 0 Å². The molecule has 7 heteroatoms. The molecule has 130 valence electrons. The van der Waals surface area contributed by atoms with Crippen LogP contribution in [-0.2, 0) is 4.74 Å². The maximum atomic E-state index is 14.6. The van der Waals surface area contributed by atoms with Gasteiger partial charge in [0.25, 0.3) is 0 Å². The number of halogens is 1. The second-order valence-electron chi connectivity index (χ2n) is 5.57. The number of aliphatic hydroxyl groups is 1. The molecular formula is C18H18FN3O3. The van der Waals surface area contributed by atoms with E-state index in [4.69, 9.17) is 9.84 Å². The molecule has 0 bridgehead atoms. The molecule has 0 radical (unpaired) electrons. The van der Waals surface area contributed by atoms with Crippen molar-refractivity contribution in [2.45, 2.75) is 13.5 Å². The number of amides is 1. The molecule has 0 aliphatic carbocycles. The van der Waals surface area contributed by atoms with Crippen LogP contribution in [0.25, 0.3) is 16.8 Å². The first kappa shape index (κ1) is 16.9. The Bertz CT molecular complexity index is 925. The van der Waals surface area contributed by atoms with Gasteiger partial charge in [0.15, 0.2) is 0 Å². The van der Waals surface area contributed by atoms with E-state index in [-0.39, 0.29) is 20.6 Å². The zero-order valence-corrected chi connectivity index (χ0v) is 12.6. The molecule has 25 heavy (non-hydrogen) atoms. The van der Waals surface area contributed by atoms with Crippen LogP contribution >= 0.6 is 0 Å². The first-order valence-electron chi connectivity index (χ1n) is 7.47. The topological polar surface area (TPSA) is 67.1 Å². The van der Waals surface area contributed by atoms with Gasteiger partial charge in [-0.1, -0.05) is 7.43 Å². The van der Waals surface area contributed by atoms with Crippen LogP contribution in [0.4, 0.5) is 14.9 Å². The number of aliphatic hydroxyl groups excluding tert-OH is 1. The van der Waals surface area contributed by atoms with Gasteiger partial charge in [-0.25, -0.2) is 14.2 Å². The average Bonchev–Trinajstić information content (AvgIpc) is 3.20. The Hall–Kier alpha value is -2.93. The number of hydrogen-bond donors (Lipinski definition) is 1. The number of rotatable bonds is 3. The van der Waals surface area contributed by atoms with E-state index in [1.54, 1.807) is 30.5 Å². The lowest BCUT2D eigenvalue weighted by molar-refractivity contribution is 0.0963. The largest absolute Gasteiger partial charge is 0.441 e. The summed E-state index contributed by atoms with van der Waals surface area (Å²) in [4.78, 5) is 17.3. The number of fused-ring (bicyclic) bond motifs is 1. The smallest absolute Gasteiger partial charge is 0.414 e. The van der Waals surface area contributed by atoms with Gasteiger partial charge in [0, 0.05) is 24.2 Å². The monoisotopic (exact) mass is 343 g/mol. The molecule has 1 aromatic carbocycles. The first-order valence-corrected chi connectivity index (χ1v) is 7.47. The van der Waals surface area contributed by atoms with E-state index in [1.807, 2.05) is 16.8 Å². The van der Waals surface area contributed by atoms with Crippen molar-refractivity contribution >= 4 is 17.4 Å². The number of imidazole rings is 1. The van der Waals surface area contributed by atoms with Gasteiger partial charge in [-0.3, -0.25) is 4.90 Å². The van der Waals surface area contributed by atoms with Crippen molar-refractivity contribution in [2.24, 2.45) is 0 Å². The summed E-state index contributed by atoms with van der Waals surface area (Å²) in [5, 5.41) is 9.08. The Kier molecular flexibility index (Phi) is 4.41. The van der Waals surface area contributed by atoms with Crippen molar-refractivity contribution in [3.63, 3.8) is 0 Å². The van der Waals surface area contributed by atoms with Crippen molar-refractivity contribution in [3.05, 3.63) is 54.7 Å². The summed E-state index contributed by atoms with van der Waals surface area (Å²) in [5.41, 5.74) is 2.26. The summed E-state index contributed by atoms with van der Waals surface area (Å²) >= 11 is 0. The Morgan fingerprint density at radius 3 is 2.84 bits per heavy atom. The normalized spacial score (nSPS) is 16.8. The Balaban J connectivity index is 0.00000182. The van der Waals surface area contributed by atoms with Crippen LogP contribution in [0.5, 0.6) is 0 Å². The maximum Gasteiger partial charge on any atom is 0.414 e. The molecule has 0 spiro atoms. The number of ether oxygens (including phenoxy) is 1. The van der Waals surface area contributed by atoms with E-state index >= 15 is 0 Å². The van der Waals surface area contributed by atoms with Crippen molar-refractivity contribution in [1.82, 2.24) is 9.38 Å². The molecule has 3 heterocycles. The van der Waals surface area contributed by atoms with Crippen LogP contribution in [0.15, 0.2) is 48.9 Å². The van der Waals surface area contributed by atoms with Crippen molar-refractivity contribution < 1.29 is 19.0 Å². The van der Waals surface area contributed by atoms with Crippen molar-refractivity contribution in [2.75, 3.05) is 18.1 Å². The van der Waals surface area contributed by atoms with Crippen LogP contribution in [0.2, 0.25) is 0 Å². The van der Waals surface area contributed by atoms with E-state index in [0.717, 1.165) is 5.65 Å². The minimum Gasteiger partial charge on any atom is -0.441 e. The second kappa shape index (κ2) is 6.52. The highest BCUT2D eigenvalue weighted by Gasteiger charge is 2.32. The van der Waals surface area contributed by atoms with Gasteiger partial charge in [0.05, 0.1) is 18.8 Å². The third-order valence-corrected chi connectivity index (χ3v) is 4.05. The number of hydrogen-bond acceptors (Lipinski definition) is 4. The fourth-order valence-electron chi connectivity index (χ4n) is 2.81. The Morgan fingerprint density at radius 2 is 2.12 bits per heavy atom. The number of aromatic nitrogens is 2. The third kappa shape index (κ3) is 2.94. The highest BCUT2D eigenvalue weighted by molar-refractivity contribution is 5.90. The molecule has 1 saturated heterocycles. The number of carbonyl (C=O) groups is 1. The van der Waals surface area contributed by atoms with E-state index in [1.165, 1.54) is 11.0 Å². The van der Waals surface area contributed by atoms with Gasteiger partial charge in [0.2, 0.25) is 0 Å². The molecule has 1 aliphatic heterocycles. The standard InChI is InChI=1S/C17H14FN3O3.CH4/c18-15-8-12(21-9-13(10-22)24-17(21)23)1-2-14(15)11-3-5-20-6-4-19-16(20)7-11;/h1-8,13,22H,9-10H2;1H4/t13-;/m1./s1. The molecule has 4 rings (SSSR count). The molecule has 3 aromatic rings. The van der Waals surface area contributed by atoms with Gasteiger partial charge >= 0.3 is 6.09 Å². The Morgan fingerprint density at radius 1 is 1.28 bits per heavy atom. The second-order valence-corrected chi connectivity index (χ2v) is 5.57. The lowest BCUT2D eigenvalue weighted by atomic mass is 10.1. The predicted molar refractivity (Wildman–Crippen MR) is 92.0 cm³/mol. The third-order valence-electron chi connectivity index (χ3n) is 4.05. The number of pyridine rings is 1. The minimum absolute atomic E-state index is 0. The highest BCUT2D eigenvalue weighted by atomic mass is 19.1. The lowest BCUT2D eigenvalue weighted by Gasteiger charge is -2.14. The van der Waals surface area contributed by atoms with Crippen LogP contribution in [-0.4, -0.2) is 39.8 Å². The molecule has 6 nitrogen and oxygen atoms in total. The molecule has 1 amide bonds. The van der Waals surface area contributed by atoms with E-state index < -0.39 is 18.0 Å². The van der Waals surface area contributed by atoms with Gasteiger partial charge in [-0.05, 0) is 35.9 Å². The highest BCUT2D eigenvalue weighted by Crippen LogP contribution is 2.29. The number of benzene rings is 1. The molecule has 2 aromatic heterocycles. The molecule has 0 saturated carbocycles. The number of cyclic esters (lactones) is 1. The van der Waals surface area contributed by atoms with Gasteiger partial charge in [0.1, 0.15) is 17.6 Å². The van der Waals surface area contributed by atoms with Gasteiger partial charge in [-0.2, -0.15) is 0 Å². The van der Waals surface area contributed by atoms with Crippen LogP contribution in [0.3, 0.4) is 0 Å². The zero-order chi connectivity index (χ0) is 16.7. The van der Waals surface area contributed by atoms with Gasteiger partial charge < -0.3 is 14.2 Å². The SMILES string of the molecule is C.O=C1O[C@@H](CO)CN1c1ccc(-c2ccn3ccnc3c2)c(F)c1. The molecule has 1 atom stereocenters. The van der Waals surface area contributed by atoms with Crippen LogP contribution < -0.4 is 4.90 Å². The quantitative estimate of drug-likeness (QED) is 0.793. The molecule has 1 aliphatic rings. The Labute approximate surface area is 144 Å². The van der Waals surface area contributed by atoms with E-state index in [9.17, 15) is 9.18 Å². The van der Waals surface area contributed by atoms with E-state index in [0.29, 0.717) is 16.8 Å². The lowest BCUT2D eigenvalue weighted by Crippen LogP contribution is -2.25. The number of carbonyl (C=O) groups excluding carboxylic acids is 1. The summed E-state index contributed by atoms with van der Waals surface area (Å²) < 4.78 is 21.4.